The average Bonchev–Trinajstić information content (AvgIpc) is 2.82. The van der Waals surface area contributed by atoms with Crippen LogP contribution in [0.5, 0.6) is 0 Å². The number of benzene rings is 3. The molecule has 0 fully saturated rings. The maximum absolute atomic E-state index is 12.9. The van der Waals surface area contributed by atoms with Gasteiger partial charge in [0.05, 0.1) is 28.2 Å². The Bertz CT molecular complexity index is 1320. The second kappa shape index (κ2) is 12.4. The van der Waals surface area contributed by atoms with E-state index in [0.29, 0.717) is 10.6 Å². The first kappa shape index (κ1) is 27.2. The number of halogens is 5. The number of thioether (sulfide) groups is 1. The van der Waals surface area contributed by atoms with Crippen LogP contribution in [0, 0.1) is 22.7 Å². The van der Waals surface area contributed by atoms with Crippen LogP contribution in [-0.4, -0.2) is 8.42 Å². The molecule has 3 aromatic rings. The standard InChI is InChI=1S/C15H11F2NS.C8H4ClF2NO2S/c16-15(17)13-8-12(9-18)6-7-14(13)19-10-11-4-2-1-3-5-11;9-15(13,14)7-2-1-5(4-12)3-6(7)8(10)11/h1-8,15H,10H2;1-3,8H. The SMILES string of the molecule is N#Cc1ccc(S(=O)(=O)Cl)c(C(F)F)c1.N#Cc1ccc(SCc2ccccc2)c(C(F)F)c1. The lowest BCUT2D eigenvalue weighted by molar-refractivity contribution is 0.147. The smallest absolute Gasteiger partial charge is 0.207 e. The summed E-state index contributed by atoms with van der Waals surface area (Å²) in [6, 6.07) is 20.4. The molecule has 0 heterocycles. The summed E-state index contributed by atoms with van der Waals surface area (Å²) in [4.78, 5) is -0.143. The van der Waals surface area contributed by atoms with E-state index in [9.17, 15) is 26.0 Å². The fraction of sp³-hybridized carbons (Fsp3) is 0.130. The summed E-state index contributed by atoms with van der Waals surface area (Å²) in [5, 5.41) is 17.2. The molecule has 0 aromatic heterocycles. The van der Waals surface area contributed by atoms with Gasteiger partial charge in [0, 0.05) is 32.5 Å². The van der Waals surface area contributed by atoms with E-state index in [4.69, 9.17) is 21.2 Å². The van der Waals surface area contributed by atoms with Crippen molar-refractivity contribution in [2.75, 3.05) is 0 Å². The normalized spacial score (nSPS) is 10.9. The fourth-order valence-corrected chi connectivity index (χ4v) is 4.74. The summed E-state index contributed by atoms with van der Waals surface area (Å²) in [6.07, 6.45) is -5.56. The van der Waals surface area contributed by atoms with Crippen LogP contribution in [0.3, 0.4) is 0 Å². The highest BCUT2D eigenvalue weighted by Gasteiger charge is 2.22. The van der Waals surface area contributed by atoms with E-state index in [1.54, 1.807) is 18.2 Å². The van der Waals surface area contributed by atoms with Gasteiger partial charge in [-0.2, -0.15) is 10.5 Å². The van der Waals surface area contributed by atoms with Crippen molar-refractivity contribution < 1.29 is 26.0 Å². The molecule has 0 atom stereocenters. The van der Waals surface area contributed by atoms with Crippen LogP contribution in [0.15, 0.2) is 76.5 Å². The summed E-state index contributed by atoms with van der Waals surface area (Å²) >= 11 is 1.36. The van der Waals surface area contributed by atoms with Crippen LogP contribution in [0.2, 0.25) is 0 Å². The van der Waals surface area contributed by atoms with Crippen molar-refractivity contribution in [3.63, 3.8) is 0 Å². The molecule has 0 radical (unpaired) electrons. The van der Waals surface area contributed by atoms with E-state index >= 15 is 0 Å². The molecular weight excluding hydrogens is 512 g/mol. The zero-order valence-corrected chi connectivity index (χ0v) is 19.5. The molecule has 34 heavy (non-hydrogen) atoms. The summed E-state index contributed by atoms with van der Waals surface area (Å²) in [5.41, 5.74) is 0.467. The number of hydrogen-bond acceptors (Lipinski definition) is 5. The van der Waals surface area contributed by atoms with Gasteiger partial charge in [0.2, 0.25) is 0 Å². The minimum Gasteiger partial charge on any atom is -0.207 e. The monoisotopic (exact) mass is 526 g/mol. The minimum absolute atomic E-state index is 0.0469. The Labute approximate surface area is 202 Å². The second-order valence-corrected chi connectivity index (χ2v) is 10.1. The van der Waals surface area contributed by atoms with Crippen molar-refractivity contribution in [3.05, 3.63) is 94.5 Å². The second-order valence-electron chi connectivity index (χ2n) is 6.54. The van der Waals surface area contributed by atoms with Gasteiger partial charge in [0.1, 0.15) is 0 Å². The fourth-order valence-electron chi connectivity index (χ4n) is 2.67. The number of rotatable bonds is 6. The van der Waals surface area contributed by atoms with Gasteiger partial charge in [-0.3, -0.25) is 0 Å². The third-order valence-electron chi connectivity index (χ3n) is 4.25. The van der Waals surface area contributed by atoms with E-state index in [2.05, 4.69) is 0 Å². The van der Waals surface area contributed by atoms with Crippen LogP contribution in [-0.2, 0) is 14.8 Å². The molecule has 0 unspecified atom stereocenters. The van der Waals surface area contributed by atoms with Crippen molar-refractivity contribution >= 4 is 31.5 Å². The predicted molar refractivity (Wildman–Crippen MR) is 121 cm³/mol. The molecule has 0 aliphatic carbocycles. The predicted octanol–water partition coefficient (Wildman–Crippen LogP) is 7.21. The first-order valence-corrected chi connectivity index (χ1v) is 12.6. The molecule has 176 valence electrons. The third-order valence-corrected chi connectivity index (χ3v) is 6.80. The highest BCUT2D eigenvalue weighted by atomic mass is 35.7. The van der Waals surface area contributed by atoms with E-state index in [1.807, 2.05) is 36.4 Å². The van der Waals surface area contributed by atoms with Crippen molar-refractivity contribution in [2.45, 2.75) is 28.4 Å². The minimum atomic E-state index is -4.22. The quantitative estimate of drug-likeness (QED) is 0.192. The van der Waals surface area contributed by atoms with Crippen molar-refractivity contribution in [1.82, 2.24) is 0 Å². The Kier molecular flexibility index (Phi) is 9.94. The zero-order chi connectivity index (χ0) is 25.3. The molecule has 0 saturated heterocycles. The van der Waals surface area contributed by atoms with Gasteiger partial charge in [-0.1, -0.05) is 30.3 Å². The van der Waals surface area contributed by atoms with E-state index in [1.165, 1.54) is 17.8 Å². The zero-order valence-electron chi connectivity index (χ0n) is 17.1. The Hall–Kier alpha value is -3.05. The topological polar surface area (TPSA) is 81.7 Å². The molecule has 11 heteroatoms. The lowest BCUT2D eigenvalue weighted by atomic mass is 10.1. The van der Waals surface area contributed by atoms with Crippen LogP contribution >= 0.6 is 22.4 Å². The van der Waals surface area contributed by atoms with Crippen LogP contribution < -0.4 is 0 Å². The van der Waals surface area contributed by atoms with Crippen molar-refractivity contribution in [1.29, 1.82) is 10.5 Å². The summed E-state index contributed by atoms with van der Waals surface area (Å²) < 4.78 is 72.6. The van der Waals surface area contributed by atoms with Gasteiger partial charge in [-0.25, -0.2) is 26.0 Å². The molecule has 3 rings (SSSR count). The molecule has 0 spiro atoms. The molecule has 0 amide bonds. The van der Waals surface area contributed by atoms with Gasteiger partial charge < -0.3 is 0 Å². The number of hydrogen-bond donors (Lipinski definition) is 0. The Morgan fingerprint density at radius 3 is 1.85 bits per heavy atom. The van der Waals surface area contributed by atoms with Gasteiger partial charge in [-0.05, 0) is 42.0 Å². The first-order chi connectivity index (χ1) is 16.1. The number of nitrogens with zero attached hydrogens (tertiary/aromatic N) is 2. The molecule has 3 aromatic carbocycles. The molecule has 0 bridgehead atoms. The molecule has 0 aliphatic rings. The summed E-state index contributed by atoms with van der Waals surface area (Å²) in [5.74, 6) is 0.631. The van der Waals surface area contributed by atoms with Crippen molar-refractivity contribution in [3.8, 4) is 12.1 Å². The van der Waals surface area contributed by atoms with Gasteiger partial charge >= 0.3 is 0 Å². The number of nitriles is 2. The van der Waals surface area contributed by atoms with Gasteiger partial charge in [-0.15, -0.1) is 11.8 Å². The Balaban J connectivity index is 0.000000248. The third kappa shape index (κ3) is 7.77. The van der Waals surface area contributed by atoms with Crippen LogP contribution in [0.25, 0.3) is 0 Å². The number of alkyl halides is 4. The molecule has 0 saturated carbocycles. The average molecular weight is 527 g/mol. The van der Waals surface area contributed by atoms with Gasteiger partial charge in [0.25, 0.3) is 21.9 Å². The Morgan fingerprint density at radius 1 is 0.824 bits per heavy atom. The lowest BCUT2D eigenvalue weighted by Gasteiger charge is -2.09. The maximum atomic E-state index is 12.9. The van der Waals surface area contributed by atoms with Crippen LogP contribution in [0.1, 0.15) is 40.7 Å². The largest absolute Gasteiger partial charge is 0.265 e. The summed E-state index contributed by atoms with van der Waals surface area (Å²) in [6.45, 7) is 0. The first-order valence-electron chi connectivity index (χ1n) is 9.32. The molecule has 0 aliphatic heterocycles. The van der Waals surface area contributed by atoms with Gasteiger partial charge in [0.15, 0.2) is 0 Å². The molecular formula is C23H15ClF4N2O2S2. The highest BCUT2D eigenvalue weighted by Crippen LogP contribution is 2.33. The van der Waals surface area contributed by atoms with Crippen LogP contribution in [0.4, 0.5) is 17.6 Å². The Morgan fingerprint density at radius 2 is 1.35 bits per heavy atom. The van der Waals surface area contributed by atoms with E-state index in [0.717, 1.165) is 23.8 Å². The van der Waals surface area contributed by atoms with E-state index < -0.39 is 32.4 Å². The highest BCUT2D eigenvalue weighted by molar-refractivity contribution is 8.13. The molecule has 4 nitrogen and oxygen atoms in total. The maximum Gasteiger partial charge on any atom is 0.265 e. The molecule has 0 N–H and O–H groups in total. The lowest BCUT2D eigenvalue weighted by Crippen LogP contribution is -1.99. The van der Waals surface area contributed by atoms with Crippen molar-refractivity contribution in [2.24, 2.45) is 0 Å². The van der Waals surface area contributed by atoms with E-state index in [-0.39, 0.29) is 16.7 Å². The summed E-state index contributed by atoms with van der Waals surface area (Å²) in [7, 11) is 0.739.